The van der Waals surface area contributed by atoms with Gasteiger partial charge < -0.3 is 10.1 Å². The fraction of sp³-hybridized carbons (Fsp3) is 0.429. The molecule has 0 spiro atoms. The van der Waals surface area contributed by atoms with Crippen LogP contribution in [-0.4, -0.2) is 32.7 Å². The summed E-state index contributed by atoms with van der Waals surface area (Å²) in [5, 5.41) is 14.5. The van der Waals surface area contributed by atoms with Gasteiger partial charge in [-0.2, -0.15) is 4.68 Å². The van der Waals surface area contributed by atoms with Gasteiger partial charge in [0.25, 0.3) is 0 Å². The van der Waals surface area contributed by atoms with Gasteiger partial charge in [-0.25, -0.2) is 0 Å². The highest BCUT2D eigenvalue weighted by molar-refractivity contribution is 5.80. The van der Waals surface area contributed by atoms with Crippen molar-refractivity contribution in [1.29, 1.82) is 0 Å². The Balaban J connectivity index is 1.70. The summed E-state index contributed by atoms with van der Waals surface area (Å²) in [7, 11) is 0. The van der Waals surface area contributed by atoms with Crippen molar-refractivity contribution >= 4 is 5.91 Å². The van der Waals surface area contributed by atoms with Crippen molar-refractivity contribution in [2.75, 3.05) is 6.61 Å². The van der Waals surface area contributed by atoms with Crippen LogP contribution in [0.5, 0.6) is 5.75 Å². The normalized spacial score (nSPS) is 14.0. The van der Waals surface area contributed by atoms with Crippen molar-refractivity contribution in [3.05, 3.63) is 30.1 Å². The fourth-order valence-corrected chi connectivity index (χ4v) is 2.02. The second-order valence-corrected chi connectivity index (χ2v) is 4.93. The van der Waals surface area contributed by atoms with Crippen LogP contribution in [0.15, 0.2) is 24.3 Å². The standard InChI is InChI=1S/C14H17N5O2/c1-2-21-12-7-5-11(6-8-12)19-13(16-17-18-19)9-15-14(20)10-3-4-10/h5-8,10H,2-4,9H2,1H3,(H,15,20). The highest BCUT2D eigenvalue weighted by Crippen LogP contribution is 2.28. The van der Waals surface area contributed by atoms with Gasteiger partial charge in [0.15, 0.2) is 5.82 Å². The number of tetrazole rings is 1. The molecule has 0 saturated heterocycles. The number of amides is 1. The first-order valence-corrected chi connectivity index (χ1v) is 7.06. The molecule has 2 aromatic rings. The van der Waals surface area contributed by atoms with Crippen molar-refractivity contribution in [2.24, 2.45) is 5.92 Å². The molecule has 21 heavy (non-hydrogen) atoms. The van der Waals surface area contributed by atoms with Gasteiger partial charge in [0.05, 0.1) is 18.8 Å². The van der Waals surface area contributed by atoms with E-state index >= 15 is 0 Å². The summed E-state index contributed by atoms with van der Waals surface area (Å²) in [6.07, 6.45) is 1.96. The molecule has 1 saturated carbocycles. The van der Waals surface area contributed by atoms with Crippen LogP contribution in [0.3, 0.4) is 0 Å². The Labute approximate surface area is 122 Å². The molecule has 110 valence electrons. The molecule has 1 N–H and O–H groups in total. The van der Waals surface area contributed by atoms with Gasteiger partial charge in [-0.1, -0.05) is 0 Å². The summed E-state index contributed by atoms with van der Waals surface area (Å²) in [4.78, 5) is 11.7. The minimum absolute atomic E-state index is 0.0799. The maximum atomic E-state index is 11.7. The summed E-state index contributed by atoms with van der Waals surface area (Å²) >= 11 is 0. The number of hydrogen-bond acceptors (Lipinski definition) is 5. The molecule has 1 amide bonds. The third kappa shape index (κ3) is 3.18. The Kier molecular flexibility index (Phi) is 3.81. The molecule has 7 nitrogen and oxygen atoms in total. The van der Waals surface area contributed by atoms with Crippen LogP contribution in [0.25, 0.3) is 5.69 Å². The summed E-state index contributed by atoms with van der Waals surface area (Å²) < 4.78 is 7.02. The van der Waals surface area contributed by atoms with E-state index in [9.17, 15) is 4.79 Å². The number of nitrogens with one attached hydrogen (secondary N) is 1. The van der Waals surface area contributed by atoms with E-state index in [0.29, 0.717) is 19.0 Å². The number of hydrogen-bond donors (Lipinski definition) is 1. The van der Waals surface area contributed by atoms with Gasteiger partial charge in [-0.15, -0.1) is 5.10 Å². The van der Waals surface area contributed by atoms with Gasteiger partial charge >= 0.3 is 0 Å². The van der Waals surface area contributed by atoms with Crippen molar-refractivity contribution in [2.45, 2.75) is 26.3 Å². The number of aromatic nitrogens is 4. The predicted octanol–water partition coefficient (Wildman–Crippen LogP) is 1.09. The maximum Gasteiger partial charge on any atom is 0.223 e. The van der Waals surface area contributed by atoms with Crippen molar-refractivity contribution in [3.8, 4) is 11.4 Å². The molecule has 1 aliphatic carbocycles. The number of carbonyl (C=O) groups excluding carboxylic acids is 1. The number of nitrogens with zero attached hydrogens (tertiary/aromatic N) is 4. The van der Waals surface area contributed by atoms with E-state index in [4.69, 9.17) is 4.74 Å². The van der Waals surface area contributed by atoms with Crippen LogP contribution in [-0.2, 0) is 11.3 Å². The van der Waals surface area contributed by atoms with Crippen LogP contribution in [0.4, 0.5) is 0 Å². The molecule has 7 heteroatoms. The van der Waals surface area contributed by atoms with Gasteiger partial charge in [0.2, 0.25) is 5.91 Å². The van der Waals surface area contributed by atoms with Crippen LogP contribution < -0.4 is 10.1 Å². The molecule has 0 atom stereocenters. The highest BCUT2D eigenvalue weighted by atomic mass is 16.5. The van der Waals surface area contributed by atoms with Crippen molar-refractivity contribution in [1.82, 2.24) is 25.5 Å². The molecule has 3 rings (SSSR count). The van der Waals surface area contributed by atoms with Crippen LogP contribution >= 0.6 is 0 Å². The Hall–Kier alpha value is -2.44. The van der Waals surface area contributed by atoms with E-state index in [0.717, 1.165) is 24.3 Å². The molecule has 1 fully saturated rings. The van der Waals surface area contributed by atoms with Crippen LogP contribution in [0.2, 0.25) is 0 Å². The Morgan fingerprint density at radius 1 is 1.38 bits per heavy atom. The zero-order valence-electron chi connectivity index (χ0n) is 11.8. The highest BCUT2D eigenvalue weighted by Gasteiger charge is 2.29. The average molecular weight is 287 g/mol. The molecular weight excluding hydrogens is 270 g/mol. The predicted molar refractivity (Wildman–Crippen MR) is 74.9 cm³/mol. The molecule has 0 radical (unpaired) electrons. The molecule has 0 aliphatic heterocycles. The number of ether oxygens (including phenoxy) is 1. The Morgan fingerprint density at radius 3 is 2.81 bits per heavy atom. The quantitative estimate of drug-likeness (QED) is 0.860. The SMILES string of the molecule is CCOc1ccc(-n2nnnc2CNC(=O)C2CC2)cc1. The average Bonchev–Trinajstić information content (AvgIpc) is 3.25. The Morgan fingerprint density at radius 2 is 2.14 bits per heavy atom. The van der Waals surface area contributed by atoms with E-state index in [1.165, 1.54) is 0 Å². The summed E-state index contributed by atoms with van der Waals surface area (Å²) in [6.45, 7) is 2.90. The minimum Gasteiger partial charge on any atom is -0.494 e. The Bertz CT molecular complexity index is 619. The largest absolute Gasteiger partial charge is 0.494 e. The summed E-state index contributed by atoms with van der Waals surface area (Å²) in [5.74, 6) is 1.67. The van der Waals surface area contributed by atoms with Crippen molar-refractivity contribution in [3.63, 3.8) is 0 Å². The van der Waals surface area contributed by atoms with Gasteiger partial charge in [-0.3, -0.25) is 4.79 Å². The number of benzene rings is 1. The van der Waals surface area contributed by atoms with Gasteiger partial charge in [0.1, 0.15) is 5.75 Å². The van der Waals surface area contributed by atoms with E-state index in [1.807, 2.05) is 31.2 Å². The zero-order valence-corrected chi connectivity index (χ0v) is 11.8. The lowest BCUT2D eigenvalue weighted by Gasteiger charge is -2.07. The first kappa shape index (κ1) is 13.5. The lowest BCUT2D eigenvalue weighted by Crippen LogP contribution is -2.25. The van der Waals surface area contributed by atoms with Crippen LogP contribution in [0, 0.1) is 5.92 Å². The van der Waals surface area contributed by atoms with Gasteiger partial charge in [0, 0.05) is 5.92 Å². The van der Waals surface area contributed by atoms with Gasteiger partial charge in [-0.05, 0) is 54.5 Å². The monoisotopic (exact) mass is 287 g/mol. The van der Waals surface area contributed by atoms with E-state index < -0.39 is 0 Å². The lowest BCUT2D eigenvalue weighted by molar-refractivity contribution is -0.122. The zero-order chi connectivity index (χ0) is 14.7. The molecule has 1 heterocycles. The number of carbonyl (C=O) groups is 1. The van der Waals surface area contributed by atoms with E-state index in [1.54, 1.807) is 4.68 Å². The fourth-order valence-electron chi connectivity index (χ4n) is 2.02. The minimum atomic E-state index is 0.0799. The summed E-state index contributed by atoms with van der Waals surface area (Å²) in [5.41, 5.74) is 0.833. The molecule has 1 aromatic carbocycles. The van der Waals surface area contributed by atoms with Crippen LogP contribution in [0.1, 0.15) is 25.6 Å². The third-order valence-corrected chi connectivity index (χ3v) is 3.30. The smallest absolute Gasteiger partial charge is 0.223 e. The molecule has 0 bridgehead atoms. The van der Waals surface area contributed by atoms with E-state index in [-0.39, 0.29) is 11.8 Å². The second-order valence-electron chi connectivity index (χ2n) is 4.93. The third-order valence-electron chi connectivity index (χ3n) is 3.30. The first-order valence-electron chi connectivity index (χ1n) is 7.06. The maximum absolute atomic E-state index is 11.7. The molecule has 1 aliphatic rings. The summed E-state index contributed by atoms with van der Waals surface area (Å²) in [6, 6.07) is 7.50. The van der Waals surface area contributed by atoms with Crippen molar-refractivity contribution < 1.29 is 9.53 Å². The number of rotatable bonds is 6. The molecular formula is C14H17N5O2. The molecule has 1 aromatic heterocycles. The lowest BCUT2D eigenvalue weighted by atomic mass is 10.3. The molecule has 0 unspecified atom stereocenters. The topological polar surface area (TPSA) is 81.9 Å². The first-order chi connectivity index (χ1) is 10.3. The van der Waals surface area contributed by atoms with E-state index in [2.05, 4.69) is 20.8 Å². The second kappa shape index (κ2) is 5.90.